The predicted octanol–water partition coefficient (Wildman–Crippen LogP) is 0.768. The zero-order chi connectivity index (χ0) is 11.0. The molecule has 0 saturated carbocycles. The normalized spacial score (nSPS) is 10.8. The Morgan fingerprint density at radius 1 is 1.06 bits per heavy atom. The van der Waals surface area contributed by atoms with Gasteiger partial charge in [-0.05, 0) is 12.1 Å². The third kappa shape index (κ3) is 1.28. The average molecular weight is 212 g/mol. The minimum Gasteiger partial charge on any atom is -0.398 e. The summed E-state index contributed by atoms with van der Waals surface area (Å²) in [4.78, 5) is 7.89. The molecule has 3 rings (SSSR count). The second-order valence-electron chi connectivity index (χ2n) is 3.34. The van der Waals surface area contributed by atoms with E-state index in [4.69, 9.17) is 5.73 Å². The number of anilines is 1. The van der Waals surface area contributed by atoms with Crippen molar-refractivity contribution in [3.8, 4) is 11.4 Å². The summed E-state index contributed by atoms with van der Waals surface area (Å²) in [7, 11) is 0. The quantitative estimate of drug-likeness (QED) is 0.644. The number of nitrogen functional groups attached to an aromatic ring is 1. The molecule has 0 saturated heterocycles. The largest absolute Gasteiger partial charge is 0.398 e. The van der Waals surface area contributed by atoms with Crippen LogP contribution in [0.1, 0.15) is 0 Å². The highest BCUT2D eigenvalue weighted by molar-refractivity contribution is 5.59. The van der Waals surface area contributed by atoms with Crippen LogP contribution in [0.2, 0.25) is 0 Å². The Morgan fingerprint density at radius 2 is 1.88 bits per heavy atom. The molecule has 0 atom stereocenters. The zero-order valence-corrected chi connectivity index (χ0v) is 8.28. The molecule has 0 spiro atoms. The van der Waals surface area contributed by atoms with E-state index in [9.17, 15) is 0 Å². The second kappa shape index (κ2) is 3.27. The Hall–Kier alpha value is -2.50. The number of pyridine rings is 1. The number of nitrogens with zero attached hydrogens (tertiary/aromatic N) is 5. The van der Waals surface area contributed by atoms with Gasteiger partial charge < -0.3 is 5.73 Å². The van der Waals surface area contributed by atoms with Gasteiger partial charge in [-0.1, -0.05) is 0 Å². The van der Waals surface area contributed by atoms with Gasteiger partial charge in [0.25, 0.3) is 0 Å². The van der Waals surface area contributed by atoms with Crippen LogP contribution in [0.4, 0.5) is 5.69 Å². The Labute approximate surface area is 90.8 Å². The number of fused-ring (bicyclic) bond motifs is 1. The van der Waals surface area contributed by atoms with Crippen LogP contribution < -0.4 is 5.73 Å². The van der Waals surface area contributed by atoms with Crippen molar-refractivity contribution < 1.29 is 0 Å². The zero-order valence-electron chi connectivity index (χ0n) is 8.28. The highest BCUT2D eigenvalue weighted by atomic mass is 15.2. The average Bonchev–Trinajstić information content (AvgIpc) is 2.73. The Bertz CT molecular complexity index is 630. The molecule has 0 aliphatic carbocycles. The van der Waals surface area contributed by atoms with Gasteiger partial charge >= 0.3 is 0 Å². The van der Waals surface area contributed by atoms with Crippen molar-refractivity contribution >= 4 is 11.3 Å². The third-order valence-electron chi connectivity index (χ3n) is 2.24. The Balaban J connectivity index is 2.29. The fourth-order valence-electron chi connectivity index (χ4n) is 1.52. The Morgan fingerprint density at radius 3 is 2.69 bits per heavy atom. The molecule has 6 heteroatoms. The van der Waals surface area contributed by atoms with E-state index in [1.54, 1.807) is 24.7 Å². The molecule has 3 aromatic rings. The van der Waals surface area contributed by atoms with Gasteiger partial charge in [0.05, 0.1) is 5.56 Å². The molecule has 0 unspecified atom stereocenters. The third-order valence-corrected chi connectivity index (χ3v) is 2.24. The highest BCUT2D eigenvalue weighted by Crippen LogP contribution is 2.17. The second-order valence-corrected chi connectivity index (χ2v) is 3.34. The van der Waals surface area contributed by atoms with Crippen LogP contribution in [-0.2, 0) is 0 Å². The molecule has 0 amide bonds. The summed E-state index contributed by atoms with van der Waals surface area (Å²) in [6.45, 7) is 0. The molecule has 0 bridgehead atoms. The smallest absolute Gasteiger partial charge is 0.171 e. The minimum atomic E-state index is 0.658. The van der Waals surface area contributed by atoms with Gasteiger partial charge in [-0.25, -0.2) is 9.97 Å². The van der Waals surface area contributed by atoms with E-state index in [0.717, 1.165) is 11.2 Å². The fourth-order valence-corrected chi connectivity index (χ4v) is 1.52. The first kappa shape index (κ1) is 8.78. The molecule has 3 heterocycles. The standard InChI is InChI=1S/C10H8N6/c11-8-1-2-9-14-15-10(16(9)5-8)7-3-12-6-13-4-7/h1-6H,11H2. The van der Waals surface area contributed by atoms with E-state index < -0.39 is 0 Å². The number of rotatable bonds is 1. The first-order chi connectivity index (χ1) is 7.84. The SMILES string of the molecule is Nc1ccc2nnc(-c3cncnc3)n2c1. The summed E-state index contributed by atoms with van der Waals surface area (Å²) in [5.74, 6) is 0.683. The van der Waals surface area contributed by atoms with Gasteiger partial charge in [0.15, 0.2) is 11.5 Å². The van der Waals surface area contributed by atoms with Gasteiger partial charge in [-0.3, -0.25) is 4.40 Å². The van der Waals surface area contributed by atoms with E-state index in [2.05, 4.69) is 20.2 Å². The molecule has 0 aliphatic rings. The molecular formula is C10H8N6. The van der Waals surface area contributed by atoms with Gasteiger partial charge in [0, 0.05) is 24.3 Å². The highest BCUT2D eigenvalue weighted by Gasteiger charge is 2.07. The summed E-state index contributed by atoms with van der Waals surface area (Å²) in [6.07, 6.45) is 6.62. The lowest BCUT2D eigenvalue weighted by Crippen LogP contribution is -1.93. The molecule has 0 radical (unpaired) electrons. The maximum Gasteiger partial charge on any atom is 0.171 e. The lowest BCUT2D eigenvalue weighted by molar-refractivity contribution is 1.09. The van der Waals surface area contributed by atoms with Gasteiger partial charge in [-0.2, -0.15) is 0 Å². The van der Waals surface area contributed by atoms with Crippen molar-refractivity contribution in [2.24, 2.45) is 0 Å². The van der Waals surface area contributed by atoms with Crippen molar-refractivity contribution in [3.63, 3.8) is 0 Å². The summed E-state index contributed by atoms with van der Waals surface area (Å²) in [5, 5.41) is 8.12. The molecule has 3 aromatic heterocycles. The maximum absolute atomic E-state index is 5.72. The summed E-state index contributed by atoms with van der Waals surface area (Å²) in [6, 6.07) is 3.60. The number of aromatic nitrogens is 5. The van der Waals surface area contributed by atoms with Crippen molar-refractivity contribution in [1.29, 1.82) is 0 Å². The molecule has 2 N–H and O–H groups in total. The molecule has 0 aromatic carbocycles. The summed E-state index contributed by atoms with van der Waals surface area (Å²) in [5.41, 5.74) is 7.93. The summed E-state index contributed by atoms with van der Waals surface area (Å²) < 4.78 is 1.81. The van der Waals surface area contributed by atoms with Crippen LogP contribution >= 0.6 is 0 Å². The van der Waals surface area contributed by atoms with Crippen LogP contribution in [0.25, 0.3) is 17.0 Å². The molecule has 0 fully saturated rings. The van der Waals surface area contributed by atoms with E-state index in [0.29, 0.717) is 11.5 Å². The van der Waals surface area contributed by atoms with Crippen molar-refractivity contribution in [1.82, 2.24) is 24.6 Å². The van der Waals surface area contributed by atoms with E-state index >= 15 is 0 Å². The fraction of sp³-hybridized carbons (Fsp3) is 0. The van der Waals surface area contributed by atoms with Crippen LogP contribution in [-0.4, -0.2) is 24.6 Å². The first-order valence-corrected chi connectivity index (χ1v) is 4.70. The molecule has 0 aliphatic heterocycles. The van der Waals surface area contributed by atoms with Crippen molar-refractivity contribution in [2.45, 2.75) is 0 Å². The van der Waals surface area contributed by atoms with Crippen LogP contribution in [0.5, 0.6) is 0 Å². The van der Waals surface area contributed by atoms with Crippen LogP contribution in [0, 0.1) is 0 Å². The lowest BCUT2D eigenvalue weighted by Gasteiger charge is -1.99. The number of hydrogen-bond donors (Lipinski definition) is 1. The van der Waals surface area contributed by atoms with Crippen molar-refractivity contribution in [2.75, 3.05) is 5.73 Å². The molecule has 16 heavy (non-hydrogen) atoms. The predicted molar refractivity (Wildman–Crippen MR) is 58.4 cm³/mol. The van der Waals surface area contributed by atoms with E-state index in [1.807, 2.05) is 10.5 Å². The van der Waals surface area contributed by atoms with Gasteiger partial charge in [0.2, 0.25) is 0 Å². The monoisotopic (exact) mass is 212 g/mol. The first-order valence-electron chi connectivity index (χ1n) is 4.70. The molecule has 6 nitrogen and oxygen atoms in total. The van der Waals surface area contributed by atoms with Crippen LogP contribution in [0.3, 0.4) is 0 Å². The van der Waals surface area contributed by atoms with Gasteiger partial charge in [0.1, 0.15) is 6.33 Å². The lowest BCUT2D eigenvalue weighted by atomic mass is 10.3. The molecular weight excluding hydrogens is 204 g/mol. The molecule has 78 valence electrons. The number of nitrogens with two attached hydrogens (primary N) is 1. The maximum atomic E-state index is 5.72. The Kier molecular flexibility index (Phi) is 1.79. The van der Waals surface area contributed by atoms with Gasteiger partial charge in [-0.15, -0.1) is 10.2 Å². The number of hydrogen-bond acceptors (Lipinski definition) is 5. The van der Waals surface area contributed by atoms with Crippen LogP contribution in [0.15, 0.2) is 37.1 Å². The summed E-state index contributed by atoms with van der Waals surface area (Å²) >= 11 is 0. The van der Waals surface area contributed by atoms with Crippen molar-refractivity contribution in [3.05, 3.63) is 37.1 Å². The topological polar surface area (TPSA) is 82.0 Å². The van der Waals surface area contributed by atoms with E-state index in [-0.39, 0.29) is 0 Å². The van der Waals surface area contributed by atoms with E-state index in [1.165, 1.54) is 6.33 Å². The minimum absolute atomic E-state index is 0.658.